The molecule has 0 saturated carbocycles. The first-order valence-electron chi connectivity index (χ1n) is 17.2. The minimum atomic E-state index is -0.195. The van der Waals surface area contributed by atoms with Crippen molar-refractivity contribution in [2.75, 3.05) is 59.6 Å². The second kappa shape index (κ2) is 17.5. The summed E-state index contributed by atoms with van der Waals surface area (Å²) in [6.07, 6.45) is 8.32. The molecule has 0 N–H and O–H groups in total. The number of benzene rings is 2. The van der Waals surface area contributed by atoms with Crippen LogP contribution >= 0.6 is 11.6 Å². The number of carbonyl (C=O) groups is 1. The van der Waals surface area contributed by atoms with E-state index in [1.807, 2.05) is 43.3 Å². The molecule has 8 nitrogen and oxygen atoms in total. The predicted molar refractivity (Wildman–Crippen MR) is 184 cm³/mol. The molecule has 1 aromatic heterocycles. The zero-order chi connectivity index (χ0) is 32.3. The average molecular weight is 654 g/mol. The van der Waals surface area contributed by atoms with Gasteiger partial charge < -0.3 is 28.4 Å². The van der Waals surface area contributed by atoms with Crippen LogP contribution in [0.25, 0.3) is 10.9 Å². The van der Waals surface area contributed by atoms with Crippen molar-refractivity contribution in [3.63, 3.8) is 0 Å². The Labute approximate surface area is 279 Å². The molecule has 0 radical (unpaired) electrons. The summed E-state index contributed by atoms with van der Waals surface area (Å²) in [5.41, 5.74) is 4.26. The number of aromatic nitrogens is 1. The van der Waals surface area contributed by atoms with Gasteiger partial charge in [0.15, 0.2) is 6.29 Å². The molecule has 0 amide bonds. The van der Waals surface area contributed by atoms with Crippen LogP contribution in [0.3, 0.4) is 0 Å². The second-order valence-electron chi connectivity index (χ2n) is 12.9. The van der Waals surface area contributed by atoms with Crippen molar-refractivity contribution >= 4 is 28.5 Å². The van der Waals surface area contributed by atoms with Gasteiger partial charge in [-0.2, -0.15) is 0 Å². The number of unbranched alkanes of at least 4 members (excludes halogenated alkanes) is 3. The summed E-state index contributed by atoms with van der Waals surface area (Å²) in [5, 5.41) is 1.74. The molecule has 0 bridgehead atoms. The third kappa shape index (κ3) is 9.94. The molecule has 2 fully saturated rings. The maximum absolute atomic E-state index is 13.2. The lowest BCUT2D eigenvalue weighted by Gasteiger charge is -2.35. The van der Waals surface area contributed by atoms with Crippen LogP contribution in [0.15, 0.2) is 42.5 Å². The number of methoxy groups -OCH3 is 1. The summed E-state index contributed by atoms with van der Waals surface area (Å²) in [7, 11) is 1.67. The molecule has 2 saturated heterocycles. The van der Waals surface area contributed by atoms with Crippen LogP contribution < -0.4 is 4.74 Å². The Morgan fingerprint density at radius 3 is 2.50 bits per heavy atom. The lowest BCUT2D eigenvalue weighted by atomic mass is 10.1. The first-order valence-corrected chi connectivity index (χ1v) is 17.5. The fourth-order valence-electron chi connectivity index (χ4n) is 6.71. The number of ether oxygens (including phenoxy) is 4. The van der Waals surface area contributed by atoms with Crippen LogP contribution in [0.5, 0.6) is 5.75 Å². The Bertz CT molecular complexity index is 1380. The topological polar surface area (TPSA) is 65.4 Å². The maximum Gasteiger partial charge on any atom is 0.310 e. The Morgan fingerprint density at radius 1 is 1.00 bits per heavy atom. The summed E-state index contributed by atoms with van der Waals surface area (Å²) in [4.78, 5) is 18.2. The van der Waals surface area contributed by atoms with E-state index >= 15 is 0 Å². The van der Waals surface area contributed by atoms with E-state index < -0.39 is 0 Å². The number of hydrogen-bond donors (Lipinski definition) is 0. The normalized spacial score (nSPS) is 18.6. The Hall–Kier alpha value is -2.62. The van der Waals surface area contributed by atoms with E-state index in [4.69, 9.17) is 30.5 Å². The molecule has 252 valence electrons. The molecule has 0 spiro atoms. The fraction of sp³-hybridized carbons (Fsp3) is 0.595. The zero-order valence-electron chi connectivity index (χ0n) is 28.0. The highest BCUT2D eigenvalue weighted by Crippen LogP contribution is 2.31. The fourth-order valence-corrected chi connectivity index (χ4v) is 6.84. The summed E-state index contributed by atoms with van der Waals surface area (Å²) in [6.45, 7) is 12.5. The highest BCUT2D eigenvalue weighted by atomic mass is 35.5. The van der Waals surface area contributed by atoms with E-state index in [9.17, 15) is 4.79 Å². The van der Waals surface area contributed by atoms with Crippen molar-refractivity contribution in [3.8, 4) is 5.75 Å². The lowest BCUT2D eigenvalue weighted by molar-refractivity contribution is -0.162. The van der Waals surface area contributed by atoms with Crippen molar-refractivity contribution < 1.29 is 23.7 Å². The van der Waals surface area contributed by atoms with Crippen molar-refractivity contribution in [1.29, 1.82) is 0 Å². The van der Waals surface area contributed by atoms with Gasteiger partial charge in [0.2, 0.25) is 0 Å². The first kappa shape index (κ1) is 34.7. The number of piperazine rings is 1. The largest absolute Gasteiger partial charge is 0.497 e. The standard InChI is InChI=1S/C37H52ClN3O5/c1-28(26-40-20-18-39(19-21-40)17-7-4-5-8-22-44-37-10-6-9-23-45-37)46-36(42)25-33-29(2)41(27-30-11-13-31(38)14-12-30)35-16-15-32(43-3)24-34(33)35/h11-16,24,28,37H,4-10,17-23,25-27H2,1-3H3. The maximum atomic E-state index is 13.2. The zero-order valence-corrected chi connectivity index (χ0v) is 28.7. The summed E-state index contributed by atoms with van der Waals surface area (Å²) >= 11 is 6.12. The van der Waals surface area contributed by atoms with E-state index in [1.165, 1.54) is 25.7 Å². The van der Waals surface area contributed by atoms with Gasteiger partial charge in [-0.25, -0.2) is 0 Å². The number of fused-ring (bicyclic) bond motifs is 1. The summed E-state index contributed by atoms with van der Waals surface area (Å²) < 4.78 is 25.2. The Morgan fingerprint density at radius 2 is 1.76 bits per heavy atom. The number of hydrogen-bond acceptors (Lipinski definition) is 7. The number of rotatable bonds is 16. The molecule has 3 aromatic rings. The lowest BCUT2D eigenvalue weighted by Crippen LogP contribution is -2.48. The molecule has 2 aliphatic heterocycles. The SMILES string of the molecule is COc1ccc2c(c1)c(CC(=O)OC(C)CN1CCN(CCCCCCOC3CCCCO3)CC1)c(C)n2Cc1ccc(Cl)cc1. The highest BCUT2D eigenvalue weighted by Gasteiger charge is 2.23. The summed E-state index contributed by atoms with van der Waals surface area (Å²) in [6, 6.07) is 14.0. The van der Waals surface area contributed by atoms with Crippen molar-refractivity contribution in [3.05, 3.63) is 64.3 Å². The van der Waals surface area contributed by atoms with Gasteiger partial charge in [0, 0.05) is 74.1 Å². The van der Waals surface area contributed by atoms with Crippen molar-refractivity contribution in [2.45, 2.75) is 84.2 Å². The Kier molecular flexibility index (Phi) is 13.2. The highest BCUT2D eigenvalue weighted by molar-refractivity contribution is 6.30. The molecule has 0 aliphatic carbocycles. The van der Waals surface area contributed by atoms with E-state index in [0.29, 0.717) is 6.54 Å². The van der Waals surface area contributed by atoms with Crippen molar-refractivity contribution in [2.24, 2.45) is 0 Å². The van der Waals surface area contributed by atoms with E-state index in [2.05, 4.69) is 27.4 Å². The molecule has 2 unspecified atom stereocenters. The smallest absolute Gasteiger partial charge is 0.310 e. The van der Waals surface area contributed by atoms with Crippen molar-refractivity contribution in [1.82, 2.24) is 14.4 Å². The van der Waals surface area contributed by atoms with Gasteiger partial charge in [-0.05, 0) is 94.0 Å². The van der Waals surface area contributed by atoms with Gasteiger partial charge in [0.1, 0.15) is 11.9 Å². The minimum absolute atomic E-state index is 0.0320. The third-order valence-corrected chi connectivity index (χ3v) is 9.61. The van der Waals surface area contributed by atoms with Crippen LogP contribution in [0, 0.1) is 6.92 Å². The molecule has 2 aromatic carbocycles. The molecule has 2 aliphatic rings. The molecular formula is C37H52ClN3O5. The van der Waals surface area contributed by atoms with Crippen LogP contribution in [-0.2, 0) is 32.0 Å². The van der Waals surface area contributed by atoms with E-state index in [-0.39, 0.29) is 24.8 Å². The van der Waals surface area contributed by atoms with Gasteiger partial charge in [-0.15, -0.1) is 0 Å². The van der Waals surface area contributed by atoms with Gasteiger partial charge >= 0.3 is 5.97 Å². The second-order valence-corrected chi connectivity index (χ2v) is 13.3. The van der Waals surface area contributed by atoms with Gasteiger partial charge in [0.25, 0.3) is 0 Å². The molecule has 3 heterocycles. The Balaban J connectivity index is 1.04. The molecule has 9 heteroatoms. The first-order chi connectivity index (χ1) is 22.4. The van der Waals surface area contributed by atoms with Gasteiger partial charge in [0.05, 0.1) is 13.5 Å². The van der Waals surface area contributed by atoms with Crippen LogP contribution in [0.4, 0.5) is 0 Å². The molecular weight excluding hydrogens is 602 g/mol. The van der Waals surface area contributed by atoms with Crippen LogP contribution in [0.1, 0.15) is 68.7 Å². The number of esters is 1. The minimum Gasteiger partial charge on any atom is -0.497 e. The van der Waals surface area contributed by atoms with Gasteiger partial charge in [-0.3, -0.25) is 9.69 Å². The van der Waals surface area contributed by atoms with E-state index in [1.54, 1.807) is 7.11 Å². The monoisotopic (exact) mass is 653 g/mol. The molecule has 2 atom stereocenters. The molecule has 5 rings (SSSR count). The number of nitrogens with zero attached hydrogens (tertiary/aromatic N) is 3. The molecule has 46 heavy (non-hydrogen) atoms. The summed E-state index contributed by atoms with van der Waals surface area (Å²) in [5.74, 6) is 0.576. The number of carbonyl (C=O) groups excluding carboxylic acids is 1. The number of halogens is 1. The predicted octanol–water partition coefficient (Wildman–Crippen LogP) is 6.86. The third-order valence-electron chi connectivity index (χ3n) is 9.36. The van der Waals surface area contributed by atoms with E-state index in [0.717, 1.165) is 110 Å². The average Bonchev–Trinajstić information content (AvgIpc) is 3.31. The van der Waals surface area contributed by atoms with Gasteiger partial charge in [-0.1, -0.05) is 36.6 Å². The van der Waals surface area contributed by atoms with Crippen LogP contribution in [0.2, 0.25) is 5.02 Å². The van der Waals surface area contributed by atoms with Crippen LogP contribution in [-0.4, -0.2) is 92.3 Å². The quantitative estimate of drug-likeness (QED) is 0.124.